The number of thioether (sulfide) groups is 1. The van der Waals surface area contributed by atoms with Crippen LogP contribution < -0.4 is 0 Å². The van der Waals surface area contributed by atoms with Crippen LogP contribution in [0.3, 0.4) is 0 Å². The molecule has 1 aromatic heterocycles. The summed E-state index contributed by atoms with van der Waals surface area (Å²) in [5.41, 5.74) is 0. The minimum atomic E-state index is 0.217. The summed E-state index contributed by atoms with van der Waals surface area (Å²) in [6.07, 6.45) is 2.65. The van der Waals surface area contributed by atoms with Crippen LogP contribution in [-0.2, 0) is 11.3 Å². The number of carbonyl (C=O) groups is 1. The van der Waals surface area contributed by atoms with Crippen molar-refractivity contribution in [1.29, 1.82) is 0 Å². The number of nitrogens with zero attached hydrogens (tertiary/aromatic N) is 1. The summed E-state index contributed by atoms with van der Waals surface area (Å²) in [5, 5.41) is 2.04. The molecule has 0 bridgehead atoms. The van der Waals surface area contributed by atoms with E-state index in [1.165, 1.54) is 4.88 Å². The molecule has 84 valence electrons. The fourth-order valence-corrected chi connectivity index (χ4v) is 3.02. The quantitative estimate of drug-likeness (QED) is 0.832. The third-order valence-corrected chi connectivity index (χ3v) is 4.26. The maximum absolute atomic E-state index is 11.6. The van der Waals surface area contributed by atoms with Crippen molar-refractivity contribution in [2.45, 2.75) is 13.0 Å². The molecule has 1 heterocycles. The molecule has 0 unspecified atom stereocenters. The number of rotatable bonds is 5. The minimum Gasteiger partial charge on any atom is -0.341 e. The van der Waals surface area contributed by atoms with E-state index in [0.717, 1.165) is 10.2 Å². The molecule has 0 saturated heterocycles. The molecular formula is C10H14BrNOS2. The molecule has 1 amide bonds. The zero-order valence-electron chi connectivity index (χ0n) is 8.83. The van der Waals surface area contributed by atoms with Crippen LogP contribution in [-0.4, -0.2) is 29.9 Å². The first-order valence-corrected chi connectivity index (χ1v) is 7.66. The Kier molecular flexibility index (Phi) is 5.71. The molecule has 2 nitrogen and oxygen atoms in total. The predicted molar refractivity (Wildman–Crippen MR) is 71.5 cm³/mol. The van der Waals surface area contributed by atoms with Crippen LogP contribution in [0, 0.1) is 0 Å². The van der Waals surface area contributed by atoms with Crippen LogP contribution in [0.5, 0.6) is 0 Å². The van der Waals surface area contributed by atoms with Gasteiger partial charge in [-0.2, -0.15) is 11.8 Å². The lowest BCUT2D eigenvalue weighted by atomic mass is 10.4. The molecule has 15 heavy (non-hydrogen) atoms. The van der Waals surface area contributed by atoms with E-state index in [2.05, 4.69) is 22.0 Å². The SMILES string of the molecule is CSCCC(=O)N(C)Cc1cc(Br)cs1. The number of hydrogen-bond donors (Lipinski definition) is 0. The molecule has 0 aliphatic heterocycles. The molecule has 0 radical (unpaired) electrons. The first-order chi connectivity index (χ1) is 7.13. The molecule has 0 fully saturated rings. The molecule has 0 N–H and O–H groups in total. The van der Waals surface area contributed by atoms with Crippen molar-refractivity contribution >= 4 is 44.9 Å². The van der Waals surface area contributed by atoms with E-state index in [1.807, 2.05) is 18.7 Å². The van der Waals surface area contributed by atoms with Gasteiger partial charge in [-0.05, 0) is 28.3 Å². The summed E-state index contributed by atoms with van der Waals surface area (Å²) < 4.78 is 1.09. The van der Waals surface area contributed by atoms with Gasteiger partial charge >= 0.3 is 0 Å². The van der Waals surface area contributed by atoms with Gasteiger partial charge in [0, 0.05) is 34.0 Å². The summed E-state index contributed by atoms with van der Waals surface area (Å²) in [7, 11) is 1.86. The van der Waals surface area contributed by atoms with E-state index < -0.39 is 0 Å². The van der Waals surface area contributed by atoms with Gasteiger partial charge in [0.25, 0.3) is 0 Å². The zero-order valence-corrected chi connectivity index (χ0v) is 12.0. The van der Waals surface area contributed by atoms with Crippen molar-refractivity contribution in [1.82, 2.24) is 4.90 Å². The van der Waals surface area contributed by atoms with Gasteiger partial charge in [0.05, 0.1) is 6.54 Å². The lowest BCUT2D eigenvalue weighted by Gasteiger charge is -2.15. The van der Waals surface area contributed by atoms with Gasteiger partial charge in [0.15, 0.2) is 0 Å². The fraction of sp³-hybridized carbons (Fsp3) is 0.500. The average Bonchev–Trinajstić information content (AvgIpc) is 2.60. The van der Waals surface area contributed by atoms with Crippen LogP contribution in [0.2, 0.25) is 0 Å². The van der Waals surface area contributed by atoms with E-state index in [0.29, 0.717) is 13.0 Å². The zero-order chi connectivity index (χ0) is 11.3. The van der Waals surface area contributed by atoms with Gasteiger partial charge in [-0.15, -0.1) is 11.3 Å². The third kappa shape index (κ3) is 4.57. The van der Waals surface area contributed by atoms with E-state index in [1.54, 1.807) is 28.0 Å². The first-order valence-electron chi connectivity index (χ1n) is 4.59. The molecule has 1 rings (SSSR count). The molecule has 0 spiro atoms. The van der Waals surface area contributed by atoms with Crippen molar-refractivity contribution in [2.24, 2.45) is 0 Å². The van der Waals surface area contributed by atoms with Gasteiger partial charge in [-0.3, -0.25) is 4.79 Å². The molecular weight excluding hydrogens is 294 g/mol. The number of thiophene rings is 1. The molecule has 0 atom stereocenters. The van der Waals surface area contributed by atoms with Gasteiger partial charge in [0.2, 0.25) is 5.91 Å². The lowest BCUT2D eigenvalue weighted by Crippen LogP contribution is -2.25. The summed E-state index contributed by atoms with van der Waals surface area (Å²) in [6, 6.07) is 2.06. The fourth-order valence-electron chi connectivity index (χ4n) is 1.14. The highest BCUT2D eigenvalue weighted by Gasteiger charge is 2.09. The molecule has 0 aliphatic carbocycles. The van der Waals surface area contributed by atoms with Crippen LogP contribution >= 0.6 is 39.0 Å². The van der Waals surface area contributed by atoms with E-state index in [9.17, 15) is 4.79 Å². The second-order valence-electron chi connectivity index (χ2n) is 3.22. The topological polar surface area (TPSA) is 20.3 Å². The standard InChI is InChI=1S/C10H14BrNOS2/c1-12(10(13)3-4-14-2)6-9-5-8(11)7-15-9/h5,7H,3-4,6H2,1-2H3. The summed E-state index contributed by atoms with van der Waals surface area (Å²) in [5.74, 6) is 1.12. The normalized spacial score (nSPS) is 10.3. The van der Waals surface area contributed by atoms with E-state index in [4.69, 9.17) is 0 Å². The first kappa shape index (κ1) is 13.1. The summed E-state index contributed by atoms with van der Waals surface area (Å²) in [4.78, 5) is 14.6. The lowest BCUT2D eigenvalue weighted by molar-refractivity contribution is -0.129. The molecule has 0 saturated carbocycles. The van der Waals surface area contributed by atoms with E-state index in [-0.39, 0.29) is 5.91 Å². The van der Waals surface area contributed by atoms with Crippen molar-refractivity contribution < 1.29 is 4.79 Å². The largest absolute Gasteiger partial charge is 0.341 e. The number of hydrogen-bond acceptors (Lipinski definition) is 3. The Labute approximate surface area is 107 Å². The Morgan fingerprint density at radius 3 is 2.93 bits per heavy atom. The van der Waals surface area contributed by atoms with Gasteiger partial charge in [0.1, 0.15) is 0 Å². The van der Waals surface area contributed by atoms with Crippen LogP contribution in [0.1, 0.15) is 11.3 Å². The van der Waals surface area contributed by atoms with Gasteiger partial charge in [-0.25, -0.2) is 0 Å². The predicted octanol–water partition coefficient (Wildman–Crippen LogP) is 3.22. The second-order valence-corrected chi connectivity index (χ2v) is 6.12. The van der Waals surface area contributed by atoms with Crippen LogP contribution in [0.15, 0.2) is 15.9 Å². The van der Waals surface area contributed by atoms with E-state index >= 15 is 0 Å². The Morgan fingerprint density at radius 1 is 1.67 bits per heavy atom. The molecule has 0 aliphatic rings. The van der Waals surface area contributed by atoms with Gasteiger partial charge in [-0.1, -0.05) is 0 Å². The van der Waals surface area contributed by atoms with Crippen LogP contribution in [0.4, 0.5) is 0 Å². The Bertz CT molecular complexity index is 327. The number of amides is 1. The summed E-state index contributed by atoms with van der Waals surface area (Å²) in [6.45, 7) is 0.712. The minimum absolute atomic E-state index is 0.217. The molecule has 0 aromatic carbocycles. The Hall–Kier alpha value is -0.0000000000000000833. The maximum Gasteiger partial charge on any atom is 0.223 e. The molecule has 5 heteroatoms. The highest BCUT2D eigenvalue weighted by molar-refractivity contribution is 9.10. The number of halogens is 1. The van der Waals surface area contributed by atoms with Crippen LogP contribution in [0.25, 0.3) is 0 Å². The Balaban J connectivity index is 2.41. The Morgan fingerprint density at radius 2 is 2.40 bits per heavy atom. The van der Waals surface area contributed by atoms with Crippen molar-refractivity contribution in [3.05, 3.63) is 20.8 Å². The molecule has 1 aromatic rings. The smallest absolute Gasteiger partial charge is 0.223 e. The average molecular weight is 308 g/mol. The maximum atomic E-state index is 11.6. The number of carbonyl (C=O) groups excluding carboxylic acids is 1. The van der Waals surface area contributed by atoms with Crippen molar-refractivity contribution in [3.8, 4) is 0 Å². The summed E-state index contributed by atoms with van der Waals surface area (Å²) >= 11 is 6.78. The third-order valence-electron chi connectivity index (χ3n) is 1.96. The highest BCUT2D eigenvalue weighted by Crippen LogP contribution is 2.20. The van der Waals surface area contributed by atoms with Crippen molar-refractivity contribution in [3.63, 3.8) is 0 Å². The monoisotopic (exact) mass is 307 g/mol. The van der Waals surface area contributed by atoms with Crippen molar-refractivity contribution in [2.75, 3.05) is 19.1 Å². The van der Waals surface area contributed by atoms with Gasteiger partial charge < -0.3 is 4.90 Å². The second kappa shape index (κ2) is 6.55. The highest BCUT2D eigenvalue weighted by atomic mass is 79.9.